The Morgan fingerprint density at radius 1 is 1.37 bits per heavy atom. The van der Waals surface area contributed by atoms with Crippen LogP contribution in [-0.2, 0) is 13.5 Å². The summed E-state index contributed by atoms with van der Waals surface area (Å²) in [5, 5.41) is 7.91. The zero-order chi connectivity index (χ0) is 14.1. The summed E-state index contributed by atoms with van der Waals surface area (Å²) < 4.78 is 1.98. The molecule has 0 bridgehead atoms. The molecule has 0 aliphatic carbocycles. The first kappa shape index (κ1) is 16.6. The molecule has 110 valence electrons. The highest BCUT2D eigenvalue weighted by atomic mass is 32.2. The number of rotatable bonds is 10. The Balaban J connectivity index is 2.33. The van der Waals surface area contributed by atoms with Gasteiger partial charge in [-0.3, -0.25) is 4.68 Å². The molecule has 1 aromatic heterocycles. The van der Waals surface area contributed by atoms with E-state index in [2.05, 4.69) is 49.0 Å². The number of nitrogens with zero attached hydrogens (tertiary/aromatic N) is 2. The Labute approximate surface area is 122 Å². The van der Waals surface area contributed by atoms with Gasteiger partial charge >= 0.3 is 0 Å². The lowest BCUT2D eigenvalue weighted by Crippen LogP contribution is -2.33. The van der Waals surface area contributed by atoms with Crippen LogP contribution in [0.5, 0.6) is 0 Å². The van der Waals surface area contributed by atoms with Gasteiger partial charge < -0.3 is 5.32 Å². The van der Waals surface area contributed by atoms with Crippen molar-refractivity contribution in [2.45, 2.75) is 46.1 Å². The molecule has 1 N–H and O–H groups in total. The van der Waals surface area contributed by atoms with Crippen molar-refractivity contribution in [2.75, 3.05) is 18.1 Å². The average Bonchev–Trinajstić information content (AvgIpc) is 2.77. The molecule has 0 saturated carbocycles. The molecular weight excluding hydrogens is 254 g/mol. The third-order valence-electron chi connectivity index (χ3n) is 3.12. The Morgan fingerprint density at radius 2 is 2.16 bits per heavy atom. The van der Waals surface area contributed by atoms with Crippen LogP contribution < -0.4 is 5.32 Å². The maximum Gasteiger partial charge on any atom is 0.0492 e. The van der Waals surface area contributed by atoms with E-state index in [0.717, 1.165) is 18.9 Å². The second kappa shape index (κ2) is 9.43. The summed E-state index contributed by atoms with van der Waals surface area (Å²) in [6.07, 6.45) is 5.40. The molecule has 4 heteroatoms. The van der Waals surface area contributed by atoms with Crippen molar-refractivity contribution < 1.29 is 0 Å². The Kier molecular flexibility index (Phi) is 8.22. The van der Waals surface area contributed by atoms with Crippen LogP contribution in [0, 0.1) is 5.92 Å². The van der Waals surface area contributed by atoms with Crippen LogP contribution >= 0.6 is 11.8 Å². The number of nitrogens with one attached hydrogen (secondary N) is 1. The molecule has 1 atom stereocenters. The van der Waals surface area contributed by atoms with Gasteiger partial charge in [-0.15, -0.1) is 0 Å². The molecule has 0 aliphatic rings. The van der Waals surface area contributed by atoms with Crippen LogP contribution in [0.2, 0.25) is 0 Å². The van der Waals surface area contributed by atoms with Gasteiger partial charge in [0.1, 0.15) is 0 Å². The molecule has 3 nitrogen and oxygen atoms in total. The molecule has 1 heterocycles. The highest BCUT2D eigenvalue weighted by Crippen LogP contribution is 2.12. The van der Waals surface area contributed by atoms with Crippen LogP contribution in [0.15, 0.2) is 12.3 Å². The standard InChI is InChI=1S/C15H29N3S/c1-5-9-16-14(12-19-11-13(2)3)6-7-15-8-10-17-18(15)4/h8,10,13-14,16H,5-7,9,11-12H2,1-4H3. The van der Waals surface area contributed by atoms with Gasteiger partial charge in [0.05, 0.1) is 0 Å². The lowest BCUT2D eigenvalue weighted by atomic mass is 10.1. The van der Waals surface area contributed by atoms with Gasteiger partial charge in [-0.05, 0) is 43.5 Å². The Morgan fingerprint density at radius 3 is 2.74 bits per heavy atom. The van der Waals surface area contributed by atoms with Crippen molar-refractivity contribution in [3.8, 4) is 0 Å². The van der Waals surface area contributed by atoms with E-state index in [0.29, 0.717) is 6.04 Å². The number of aromatic nitrogens is 2. The van der Waals surface area contributed by atoms with Crippen LogP contribution in [-0.4, -0.2) is 33.9 Å². The predicted molar refractivity (Wildman–Crippen MR) is 85.8 cm³/mol. The minimum atomic E-state index is 0.624. The van der Waals surface area contributed by atoms with Gasteiger partial charge in [0.2, 0.25) is 0 Å². The molecular formula is C15H29N3S. The maximum absolute atomic E-state index is 4.23. The topological polar surface area (TPSA) is 29.9 Å². The highest BCUT2D eigenvalue weighted by Gasteiger charge is 2.10. The smallest absolute Gasteiger partial charge is 0.0492 e. The first-order valence-corrected chi connectivity index (χ1v) is 8.57. The quantitative estimate of drug-likeness (QED) is 0.715. The summed E-state index contributed by atoms with van der Waals surface area (Å²) in [6, 6.07) is 2.75. The fourth-order valence-electron chi connectivity index (χ4n) is 2.01. The highest BCUT2D eigenvalue weighted by molar-refractivity contribution is 7.99. The van der Waals surface area contributed by atoms with Crippen molar-refractivity contribution in [1.29, 1.82) is 0 Å². The normalized spacial score (nSPS) is 13.1. The molecule has 0 saturated heterocycles. The third-order valence-corrected chi connectivity index (χ3v) is 4.67. The SMILES string of the molecule is CCCNC(CCc1ccnn1C)CSCC(C)C. The average molecular weight is 283 g/mol. The molecule has 0 fully saturated rings. The summed E-state index contributed by atoms with van der Waals surface area (Å²) in [5.74, 6) is 3.26. The van der Waals surface area contributed by atoms with E-state index in [1.165, 1.54) is 30.0 Å². The summed E-state index contributed by atoms with van der Waals surface area (Å²) >= 11 is 2.08. The van der Waals surface area contributed by atoms with Crippen molar-refractivity contribution in [1.82, 2.24) is 15.1 Å². The number of aryl methyl sites for hydroxylation is 2. The molecule has 1 rings (SSSR count). The van der Waals surface area contributed by atoms with Crippen molar-refractivity contribution in [2.24, 2.45) is 13.0 Å². The summed E-state index contributed by atoms with van der Waals surface area (Å²) in [4.78, 5) is 0. The van der Waals surface area contributed by atoms with Crippen LogP contribution in [0.3, 0.4) is 0 Å². The molecule has 0 amide bonds. The molecule has 0 radical (unpaired) electrons. The largest absolute Gasteiger partial charge is 0.313 e. The van der Waals surface area contributed by atoms with Crippen molar-refractivity contribution in [3.05, 3.63) is 18.0 Å². The molecule has 1 aromatic rings. The van der Waals surface area contributed by atoms with Crippen LogP contribution in [0.25, 0.3) is 0 Å². The second-order valence-electron chi connectivity index (χ2n) is 5.57. The van der Waals surface area contributed by atoms with Crippen LogP contribution in [0.1, 0.15) is 39.3 Å². The van der Waals surface area contributed by atoms with E-state index >= 15 is 0 Å². The van der Waals surface area contributed by atoms with Crippen LogP contribution in [0.4, 0.5) is 0 Å². The third kappa shape index (κ3) is 7.02. The van der Waals surface area contributed by atoms with E-state index in [1.807, 2.05) is 17.9 Å². The zero-order valence-electron chi connectivity index (χ0n) is 12.9. The maximum atomic E-state index is 4.23. The van der Waals surface area contributed by atoms with Gasteiger partial charge in [-0.25, -0.2) is 0 Å². The van der Waals surface area contributed by atoms with Gasteiger partial charge in [-0.1, -0.05) is 20.8 Å². The van der Waals surface area contributed by atoms with Gasteiger partial charge in [-0.2, -0.15) is 16.9 Å². The fourth-order valence-corrected chi connectivity index (χ4v) is 3.18. The zero-order valence-corrected chi connectivity index (χ0v) is 13.7. The van der Waals surface area contributed by atoms with E-state index in [-0.39, 0.29) is 0 Å². The summed E-state index contributed by atoms with van der Waals surface area (Å²) in [7, 11) is 2.03. The second-order valence-corrected chi connectivity index (χ2v) is 6.64. The van der Waals surface area contributed by atoms with Crippen molar-refractivity contribution in [3.63, 3.8) is 0 Å². The first-order chi connectivity index (χ1) is 9.13. The van der Waals surface area contributed by atoms with E-state index in [4.69, 9.17) is 0 Å². The summed E-state index contributed by atoms with van der Waals surface area (Å²) in [5.41, 5.74) is 1.33. The van der Waals surface area contributed by atoms with Gasteiger partial charge in [0.25, 0.3) is 0 Å². The van der Waals surface area contributed by atoms with E-state index in [9.17, 15) is 0 Å². The minimum Gasteiger partial charge on any atom is -0.313 e. The number of hydrogen-bond donors (Lipinski definition) is 1. The molecule has 0 aromatic carbocycles. The summed E-state index contributed by atoms with van der Waals surface area (Å²) in [6.45, 7) is 7.93. The Hall–Kier alpha value is -0.480. The molecule has 1 unspecified atom stereocenters. The lowest BCUT2D eigenvalue weighted by Gasteiger charge is -2.18. The Bertz CT molecular complexity index is 336. The van der Waals surface area contributed by atoms with E-state index < -0.39 is 0 Å². The predicted octanol–water partition coefficient (Wildman–Crippen LogP) is 3.11. The minimum absolute atomic E-state index is 0.624. The molecule has 0 spiro atoms. The molecule has 0 aliphatic heterocycles. The monoisotopic (exact) mass is 283 g/mol. The van der Waals surface area contributed by atoms with Gasteiger partial charge in [0, 0.05) is 30.7 Å². The lowest BCUT2D eigenvalue weighted by molar-refractivity contribution is 0.511. The molecule has 19 heavy (non-hydrogen) atoms. The van der Waals surface area contributed by atoms with Gasteiger partial charge in [0.15, 0.2) is 0 Å². The number of thioether (sulfide) groups is 1. The van der Waals surface area contributed by atoms with E-state index in [1.54, 1.807) is 0 Å². The first-order valence-electron chi connectivity index (χ1n) is 7.41. The number of hydrogen-bond acceptors (Lipinski definition) is 3. The fraction of sp³-hybridized carbons (Fsp3) is 0.800. The van der Waals surface area contributed by atoms with Crippen molar-refractivity contribution >= 4 is 11.8 Å².